The minimum Gasteiger partial charge on any atom is -0.394 e. The van der Waals surface area contributed by atoms with E-state index in [0.717, 1.165) is 5.56 Å². The van der Waals surface area contributed by atoms with Gasteiger partial charge in [-0.1, -0.05) is 11.6 Å². The molecule has 0 fully saturated rings. The Morgan fingerprint density at radius 3 is 2.93 bits per heavy atom. The van der Waals surface area contributed by atoms with Crippen LogP contribution >= 0.6 is 22.9 Å². The molecule has 0 atom stereocenters. The van der Waals surface area contributed by atoms with E-state index in [2.05, 4.69) is 0 Å². The summed E-state index contributed by atoms with van der Waals surface area (Å²) in [5.74, 6) is 0. The summed E-state index contributed by atoms with van der Waals surface area (Å²) >= 11 is 7.41. The first-order valence-electron chi connectivity index (χ1n) is 4.35. The molecule has 78 valence electrons. The lowest BCUT2D eigenvalue weighted by atomic mass is 10.3. The van der Waals surface area contributed by atoms with Gasteiger partial charge >= 0.3 is 0 Å². The topological polar surface area (TPSA) is 48.0 Å². The number of halogens is 1. The van der Waals surface area contributed by atoms with E-state index in [0.29, 0.717) is 10.9 Å². The Bertz CT molecular complexity index is 532. The second-order valence-electron chi connectivity index (χ2n) is 3.12. The van der Waals surface area contributed by atoms with Crippen molar-refractivity contribution in [3.8, 4) is 0 Å². The van der Waals surface area contributed by atoms with Crippen LogP contribution in [0.1, 0.15) is 5.56 Å². The van der Waals surface area contributed by atoms with Gasteiger partial charge in [0, 0.05) is 11.8 Å². The van der Waals surface area contributed by atoms with E-state index in [1.54, 1.807) is 22.9 Å². The van der Waals surface area contributed by atoms with E-state index < -0.39 is 0 Å². The highest BCUT2D eigenvalue weighted by Crippen LogP contribution is 2.22. The fourth-order valence-electron chi connectivity index (χ4n) is 1.30. The number of hydrogen-bond acceptors (Lipinski definition) is 3. The van der Waals surface area contributed by atoms with Crippen LogP contribution in [0.25, 0.3) is 0 Å². The number of anilines is 1. The van der Waals surface area contributed by atoms with Crippen LogP contribution in [0.5, 0.6) is 0 Å². The third-order valence-electron chi connectivity index (χ3n) is 2.08. The van der Waals surface area contributed by atoms with E-state index in [4.69, 9.17) is 17.3 Å². The lowest BCUT2D eigenvalue weighted by molar-refractivity contribution is 0.765. The van der Waals surface area contributed by atoms with Crippen LogP contribution in [-0.2, 0) is 6.54 Å². The molecule has 0 aromatic carbocycles. The average molecular weight is 241 g/mol. The minimum absolute atomic E-state index is 0.181. The number of nitrogens with two attached hydrogens (primary N) is 1. The molecule has 0 spiro atoms. The van der Waals surface area contributed by atoms with Crippen molar-refractivity contribution in [3.05, 3.63) is 50.0 Å². The Labute approximate surface area is 95.7 Å². The van der Waals surface area contributed by atoms with Gasteiger partial charge in [-0.05, 0) is 23.6 Å². The molecular weight excluding hydrogens is 232 g/mol. The Hall–Kier alpha value is -1.26. The molecular formula is C10H9ClN2OS. The summed E-state index contributed by atoms with van der Waals surface area (Å²) < 4.78 is 2.26. The molecule has 2 aromatic heterocycles. The molecule has 2 N–H and O–H groups in total. The van der Waals surface area contributed by atoms with Gasteiger partial charge in [0.15, 0.2) is 0 Å². The van der Waals surface area contributed by atoms with Gasteiger partial charge < -0.3 is 10.3 Å². The molecule has 0 saturated carbocycles. The number of nitrogens with zero attached hydrogens (tertiary/aromatic N) is 1. The molecule has 15 heavy (non-hydrogen) atoms. The smallest absolute Gasteiger partial charge is 0.273 e. The molecule has 0 aliphatic carbocycles. The zero-order valence-electron chi connectivity index (χ0n) is 7.81. The Morgan fingerprint density at radius 2 is 2.27 bits per heavy atom. The van der Waals surface area contributed by atoms with Crippen molar-refractivity contribution >= 4 is 28.6 Å². The fraction of sp³-hybridized carbons (Fsp3) is 0.100. The monoisotopic (exact) mass is 240 g/mol. The maximum Gasteiger partial charge on any atom is 0.273 e. The highest BCUT2D eigenvalue weighted by atomic mass is 35.5. The average Bonchev–Trinajstić information content (AvgIpc) is 2.60. The van der Waals surface area contributed by atoms with Gasteiger partial charge in [0.25, 0.3) is 5.56 Å². The molecule has 3 nitrogen and oxygen atoms in total. The van der Waals surface area contributed by atoms with Crippen molar-refractivity contribution in [3.63, 3.8) is 0 Å². The van der Waals surface area contributed by atoms with Crippen molar-refractivity contribution < 1.29 is 0 Å². The molecule has 0 radical (unpaired) electrons. The summed E-state index contributed by atoms with van der Waals surface area (Å²) in [6.07, 6.45) is 1.70. The SMILES string of the molecule is Nc1cccn(Cc2ccsc2Cl)c1=O. The van der Waals surface area contributed by atoms with E-state index in [1.807, 2.05) is 11.4 Å². The molecule has 2 rings (SSSR count). The summed E-state index contributed by atoms with van der Waals surface area (Å²) in [4.78, 5) is 11.6. The quantitative estimate of drug-likeness (QED) is 0.875. The van der Waals surface area contributed by atoms with Crippen molar-refractivity contribution in [2.75, 3.05) is 5.73 Å². The van der Waals surface area contributed by atoms with Crippen molar-refractivity contribution in [2.24, 2.45) is 0 Å². The van der Waals surface area contributed by atoms with Crippen LogP contribution in [0, 0.1) is 0 Å². The van der Waals surface area contributed by atoms with Crippen molar-refractivity contribution in [1.82, 2.24) is 4.57 Å². The number of hydrogen-bond donors (Lipinski definition) is 1. The lowest BCUT2D eigenvalue weighted by Gasteiger charge is -2.04. The molecule has 0 bridgehead atoms. The van der Waals surface area contributed by atoms with Crippen molar-refractivity contribution in [2.45, 2.75) is 6.54 Å². The van der Waals surface area contributed by atoms with Crippen LogP contribution in [-0.4, -0.2) is 4.57 Å². The van der Waals surface area contributed by atoms with Gasteiger partial charge in [0.05, 0.1) is 16.6 Å². The predicted octanol–water partition coefficient (Wildman–Crippen LogP) is 2.19. The first-order chi connectivity index (χ1) is 7.18. The summed E-state index contributed by atoms with van der Waals surface area (Å²) in [6, 6.07) is 5.24. The molecule has 0 aliphatic heterocycles. The maximum atomic E-state index is 11.6. The van der Waals surface area contributed by atoms with E-state index in [1.165, 1.54) is 11.3 Å². The fourth-order valence-corrected chi connectivity index (χ4v) is 2.21. The largest absolute Gasteiger partial charge is 0.394 e. The lowest BCUT2D eigenvalue weighted by Crippen LogP contribution is -2.22. The van der Waals surface area contributed by atoms with Gasteiger partial charge in [-0.3, -0.25) is 4.79 Å². The summed E-state index contributed by atoms with van der Waals surface area (Å²) in [6.45, 7) is 0.464. The summed E-state index contributed by atoms with van der Waals surface area (Å²) in [5, 5.41) is 1.90. The van der Waals surface area contributed by atoms with Crippen LogP contribution in [0.3, 0.4) is 0 Å². The second kappa shape index (κ2) is 4.08. The zero-order chi connectivity index (χ0) is 10.8. The highest BCUT2D eigenvalue weighted by Gasteiger charge is 2.04. The first-order valence-corrected chi connectivity index (χ1v) is 5.61. The Kier molecular flexibility index (Phi) is 2.79. The predicted molar refractivity (Wildman–Crippen MR) is 63.5 cm³/mol. The number of rotatable bonds is 2. The number of aromatic nitrogens is 1. The zero-order valence-corrected chi connectivity index (χ0v) is 9.39. The number of thiophene rings is 1. The third-order valence-corrected chi connectivity index (χ3v) is 3.33. The molecule has 0 unspecified atom stereocenters. The molecule has 2 heterocycles. The van der Waals surface area contributed by atoms with Crippen LogP contribution in [0.2, 0.25) is 4.34 Å². The Balaban J connectivity index is 2.37. The van der Waals surface area contributed by atoms with Crippen LogP contribution in [0.15, 0.2) is 34.6 Å². The van der Waals surface area contributed by atoms with Gasteiger partial charge in [0.2, 0.25) is 0 Å². The first kappa shape index (κ1) is 10.3. The van der Waals surface area contributed by atoms with E-state index in [9.17, 15) is 4.79 Å². The normalized spacial score (nSPS) is 10.5. The maximum absolute atomic E-state index is 11.6. The molecule has 0 aliphatic rings. The highest BCUT2D eigenvalue weighted by molar-refractivity contribution is 7.14. The van der Waals surface area contributed by atoms with Crippen LogP contribution < -0.4 is 11.3 Å². The molecule has 0 saturated heterocycles. The minimum atomic E-state index is -0.181. The second-order valence-corrected chi connectivity index (χ2v) is 4.63. The molecule has 0 amide bonds. The third kappa shape index (κ3) is 2.06. The van der Waals surface area contributed by atoms with Gasteiger partial charge in [0.1, 0.15) is 0 Å². The number of pyridine rings is 1. The summed E-state index contributed by atoms with van der Waals surface area (Å²) in [5.41, 5.74) is 6.54. The number of nitrogen functional groups attached to an aromatic ring is 1. The molecule has 2 aromatic rings. The summed E-state index contributed by atoms with van der Waals surface area (Å²) in [7, 11) is 0. The van der Waals surface area contributed by atoms with Gasteiger partial charge in [-0.2, -0.15) is 0 Å². The van der Waals surface area contributed by atoms with Crippen LogP contribution in [0.4, 0.5) is 5.69 Å². The van der Waals surface area contributed by atoms with Crippen molar-refractivity contribution in [1.29, 1.82) is 0 Å². The molecule has 5 heteroatoms. The van der Waals surface area contributed by atoms with E-state index >= 15 is 0 Å². The van der Waals surface area contributed by atoms with Gasteiger partial charge in [-0.15, -0.1) is 11.3 Å². The Morgan fingerprint density at radius 1 is 1.47 bits per heavy atom. The standard InChI is InChI=1S/C10H9ClN2OS/c11-9-7(3-5-15-9)6-13-4-1-2-8(12)10(13)14/h1-5H,6,12H2. The van der Waals surface area contributed by atoms with E-state index in [-0.39, 0.29) is 11.2 Å². The van der Waals surface area contributed by atoms with Gasteiger partial charge in [-0.25, -0.2) is 0 Å².